The van der Waals surface area contributed by atoms with E-state index in [1.165, 1.54) is 12.1 Å². The normalized spacial score (nSPS) is 11.6. The van der Waals surface area contributed by atoms with Gasteiger partial charge < -0.3 is 4.90 Å². The molecule has 0 aliphatic rings. The zero-order valence-corrected chi connectivity index (χ0v) is 11.4. The molecular formula is C10H15N3O2S2. The van der Waals surface area contributed by atoms with Crippen LogP contribution in [0, 0.1) is 11.3 Å². The van der Waals surface area contributed by atoms with Gasteiger partial charge in [0.2, 0.25) is 10.0 Å². The number of sulfonamides is 1. The molecule has 0 aliphatic carbocycles. The molecule has 0 bridgehead atoms. The number of rotatable bonds is 6. The number of hydrogen-bond acceptors (Lipinski definition) is 5. The molecule has 0 radical (unpaired) electrons. The summed E-state index contributed by atoms with van der Waals surface area (Å²) in [5.41, 5.74) is 0. The van der Waals surface area contributed by atoms with Crippen molar-refractivity contribution in [3.8, 4) is 6.07 Å². The fraction of sp³-hybridized carbons (Fsp3) is 0.500. The molecular weight excluding hydrogens is 258 g/mol. The summed E-state index contributed by atoms with van der Waals surface area (Å²) in [7, 11) is 0.426. The molecule has 0 aromatic carbocycles. The molecule has 94 valence electrons. The van der Waals surface area contributed by atoms with Crippen molar-refractivity contribution in [2.75, 3.05) is 27.2 Å². The Balaban J connectivity index is 2.55. The van der Waals surface area contributed by atoms with Gasteiger partial charge in [-0.1, -0.05) is 0 Å². The SMILES string of the molecule is CN(C)CCCNS(=O)(=O)c1ccc(C#N)s1. The highest BCUT2D eigenvalue weighted by Gasteiger charge is 2.15. The third-order valence-corrected chi connectivity index (χ3v) is 4.97. The number of nitriles is 1. The van der Waals surface area contributed by atoms with Crippen LogP contribution in [0.4, 0.5) is 0 Å². The summed E-state index contributed by atoms with van der Waals surface area (Å²) in [5.74, 6) is 0. The maximum Gasteiger partial charge on any atom is 0.250 e. The fourth-order valence-electron chi connectivity index (χ4n) is 1.20. The molecule has 7 heteroatoms. The van der Waals surface area contributed by atoms with Crippen molar-refractivity contribution in [3.63, 3.8) is 0 Å². The predicted octanol–water partition coefficient (Wildman–Crippen LogP) is 0.850. The van der Waals surface area contributed by atoms with Gasteiger partial charge >= 0.3 is 0 Å². The monoisotopic (exact) mass is 273 g/mol. The van der Waals surface area contributed by atoms with E-state index < -0.39 is 10.0 Å². The maximum absolute atomic E-state index is 11.8. The molecule has 1 rings (SSSR count). The molecule has 1 N–H and O–H groups in total. The van der Waals surface area contributed by atoms with E-state index in [9.17, 15) is 8.42 Å². The first-order chi connectivity index (χ1) is 7.95. The maximum atomic E-state index is 11.8. The average molecular weight is 273 g/mol. The van der Waals surface area contributed by atoms with Crippen LogP contribution >= 0.6 is 11.3 Å². The molecule has 0 saturated carbocycles. The lowest BCUT2D eigenvalue weighted by molar-refractivity contribution is 0.400. The second kappa shape index (κ2) is 6.12. The van der Waals surface area contributed by atoms with Crippen LogP contribution in [0.3, 0.4) is 0 Å². The Labute approximate surface area is 106 Å². The van der Waals surface area contributed by atoms with Crippen LogP contribution in [0.25, 0.3) is 0 Å². The molecule has 1 aromatic heterocycles. The lowest BCUT2D eigenvalue weighted by Crippen LogP contribution is -2.26. The Morgan fingerprint density at radius 1 is 1.47 bits per heavy atom. The van der Waals surface area contributed by atoms with Crippen molar-refractivity contribution in [1.82, 2.24) is 9.62 Å². The minimum atomic E-state index is -3.45. The van der Waals surface area contributed by atoms with Gasteiger partial charge in [-0.2, -0.15) is 5.26 Å². The average Bonchev–Trinajstić information content (AvgIpc) is 2.73. The van der Waals surface area contributed by atoms with E-state index in [0.29, 0.717) is 11.4 Å². The predicted molar refractivity (Wildman–Crippen MR) is 67.4 cm³/mol. The van der Waals surface area contributed by atoms with Gasteiger partial charge in [-0.05, 0) is 39.2 Å². The van der Waals surface area contributed by atoms with Gasteiger partial charge in [-0.3, -0.25) is 0 Å². The molecule has 0 unspecified atom stereocenters. The van der Waals surface area contributed by atoms with Crippen molar-refractivity contribution in [1.29, 1.82) is 5.26 Å². The van der Waals surface area contributed by atoms with Crippen LogP contribution in [0.5, 0.6) is 0 Å². The summed E-state index contributed by atoms with van der Waals surface area (Å²) in [6.07, 6.45) is 0.753. The first kappa shape index (κ1) is 14.1. The Bertz CT molecular complexity index is 500. The quantitative estimate of drug-likeness (QED) is 0.780. The molecule has 1 heterocycles. The van der Waals surface area contributed by atoms with Crippen molar-refractivity contribution in [2.45, 2.75) is 10.6 Å². The van der Waals surface area contributed by atoms with Crippen LogP contribution in [-0.4, -0.2) is 40.5 Å². The van der Waals surface area contributed by atoms with Crippen LogP contribution in [0.2, 0.25) is 0 Å². The van der Waals surface area contributed by atoms with Crippen molar-refractivity contribution >= 4 is 21.4 Å². The Morgan fingerprint density at radius 3 is 2.71 bits per heavy atom. The van der Waals surface area contributed by atoms with E-state index >= 15 is 0 Å². The Hall–Kier alpha value is -0.940. The molecule has 0 aliphatic heterocycles. The number of nitrogens with zero attached hydrogens (tertiary/aromatic N) is 2. The van der Waals surface area contributed by atoms with E-state index in [0.717, 1.165) is 24.3 Å². The van der Waals surface area contributed by atoms with Gasteiger partial charge in [-0.25, -0.2) is 13.1 Å². The third-order valence-electron chi connectivity index (χ3n) is 2.03. The molecule has 17 heavy (non-hydrogen) atoms. The van der Waals surface area contributed by atoms with E-state index in [1.807, 2.05) is 25.1 Å². The highest BCUT2D eigenvalue weighted by molar-refractivity contribution is 7.91. The minimum absolute atomic E-state index is 0.193. The summed E-state index contributed by atoms with van der Waals surface area (Å²) in [5, 5.41) is 8.63. The first-order valence-corrected chi connectivity index (χ1v) is 7.40. The smallest absolute Gasteiger partial charge is 0.250 e. The fourth-order valence-corrected chi connectivity index (χ4v) is 3.42. The van der Waals surface area contributed by atoms with Crippen LogP contribution in [0.1, 0.15) is 11.3 Å². The Morgan fingerprint density at radius 2 is 2.18 bits per heavy atom. The lowest BCUT2D eigenvalue weighted by atomic mass is 10.4. The number of nitrogens with one attached hydrogen (secondary N) is 1. The minimum Gasteiger partial charge on any atom is -0.309 e. The van der Waals surface area contributed by atoms with Gasteiger partial charge in [0.25, 0.3) is 0 Å². The number of thiophene rings is 1. The second-order valence-electron chi connectivity index (χ2n) is 3.79. The van der Waals surface area contributed by atoms with Crippen molar-refractivity contribution in [3.05, 3.63) is 17.0 Å². The standard InChI is InChI=1S/C10H15N3O2S2/c1-13(2)7-3-6-12-17(14,15)10-5-4-9(8-11)16-10/h4-5,12H,3,6-7H2,1-2H3. The van der Waals surface area contributed by atoms with Crippen LogP contribution in [-0.2, 0) is 10.0 Å². The zero-order valence-electron chi connectivity index (χ0n) is 9.80. The second-order valence-corrected chi connectivity index (χ2v) is 6.86. The summed E-state index contributed by atoms with van der Waals surface area (Å²) < 4.78 is 26.3. The van der Waals surface area contributed by atoms with Crippen LogP contribution in [0.15, 0.2) is 16.3 Å². The van der Waals surface area contributed by atoms with Gasteiger partial charge in [0.1, 0.15) is 15.2 Å². The van der Waals surface area contributed by atoms with Gasteiger partial charge in [0.05, 0.1) is 0 Å². The van der Waals surface area contributed by atoms with E-state index in [4.69, 9.17) is 5.26 Å². The molecule has 1 aromatic rings. The summed E-state index contributed by atoms with van der Waals surface area (Å²) in [4.78, 5) is 2.39. The van der Waals surface area contributed by atoms with E-state index in [1.54, 1.807) is 0 Å². The molecule has 5 nitrogen and oxygen atoms in total. The lowest BCUT2D eigenvalue weighted by Gasteiger charge is -2.09. The molecule has 0 spiro atoms. The van der Waals surface area contributed by atoms with Gasteiger partial charge in [0, 0.05) is 6.54 Å². The number of hydrogen-bond donors (Lipinski definition) is 1. The molecule has 0 amide bonds. The topological polar surface area (TPSA) is 73.2 Å². The Kier molecular flexibility index (Phi) is 5.08. The zero-order chi connectivity index (χ0) is 12.9. The van der Waals surface area contributed by atoms with Crippen molar-refractivity contribution in [2.24, 2.45) is 0 Å². The molecule has 0 fully saturated rings. The third kappa shape index (κ3) is 4.44. The summed E-state index contributed by atoms with van der Waals surface area (Å²) >= 11 is 0.982. The largest absolute Gasteiger partial charge is 0.309 e. The highest BCUT2D eigenvalue weighted by atomic mass is 32.2. The van der Waals surface area contributed by atoms with E-state index in [2.05, 4.69) is 4.72 Å². The van der Waals surface area contributed by atoms with Crippen molar-refractivity contribution < 1.29 is 8.42 Å². The van der Waals surface area contributed by atoms with Gasteiger partial charge in [0.15, 0.2) is 0 Å². The molecule has 0 saturated heterocycles. The van der Waals surface area contributed by atoms with Gasteiger partial charge in [-0.15, -0.1) is 11.3 Å². The molecule has 0 atom stereocenters. The highest BCUT2D eigenvalue weighted by Crippen LogP contribution is 2.20. The van der Waals surface area contributed by atoms with Crippen LogP contribution < -0.4 is 4.72 Å². The first-order valence-electron chi connectivity index (χ1n) is 5.10. The van der Waals surface area contributed by atoms with E-state index in [-0.39, 0.29) is 4.21 Å². The summed E-state index contributed by atoms with van der Waals surface area (Å²) in [6.45, 7) is 1.23. The summed E-state index contributed by atoms with van der Waals surface area (Å²) in [6, 6.07) is 4.89.